The zero-order chi connectivity index (χ0) is 14.9. The first-order chi connectivity index (χ1) is 9.77. The standard InChI is InChI=1S/C18H36O2.Ce/c1-2-3-4-5-6-7-8-9-10-11-12-13-14-15-16-17-18(19)20;/h2-17H2,1H3,(H,19,20);/p-1. The van der Waals surface area contributed by atoms with E-state index in [0.29, 0.717) is 0 Å². The average molecular weight is 424 g/mol. The van der Waals surface area contributed by atoms with Crippen molar-refractivity contribution in [2.45, 2.75) is 110 Å². The smallest absolute Gasteiger partial charge is 0.0414 e. The predicted molar refractivity (Wildman–Crippen MR) is 84.6 cm³/mol. The molecule has 0 unspecified atom stereocenters. The number of carbonyl (C=O) groups is 1. The average Bonchev–Trinajstić information content (AvgIpc) is 2.43. The summed E-state index contributed by atoms with van der Waals surface area (Å²) in [6.45, 7) is 2.27. The third kappa shape index (κ3) is 23.2. The van der Waals surface area contributed by atoms with E-state index in [-0.39, 0.29) is 48.2 Å². The monoisotopic (exact) mass is 423 g/mol. The quantitative estimate of drug-likeness (QED) is 0.328. The summed E-state index contributed by atoms with van der Waals surface area (Å²) in [4.78, 5) is 10.2. The molecule has 3 heteroatoms. The Morgan fingerprint density at radius 1 is 0.619 bits per heavy atom. The van der Waals surface area contributed by atoms with Crippen molar-refractivity contribution in [2.75, 3.05) is 0 Å². The van der Waals surface area contributed by atoms with Crippen LogP contribution in [0.15, 0.2) is 0 Å². The van der Waals surface area contributed by atoms with Gasteiger partial charge in [-0.05, 0) is 12.8 Å². The van der Waals surface area contributed by atoms with Gasteiger partial charge in [0, 0.05) is 47.7 Å². The normalized spacial score (nSPS) is 10.3. The second-order valence-electron chi connectivity index (χ2n) is 6.07. The van der Waals surface area contributed by atoms with Crippen LogP contribution in [-0.2, 0) is 4.79 Å². The molecule has 0 atom stereocenters. The van der Waals surface area contributed by atoms with Gasteiger partial charge in [0.1, 0.15) is 0 Å². The summed E-state index contributed by atoms with van der Waals surface area (Å²) in [5.41, 5.74) is 0. The van der Waals surface area contributed by atoms with Crippen LogP contribution in [0, 0.1) is 41.7 Å². The molecular weight excluding hydrogens is 388 g/mol. The topological polar surface area (TPSA) is 40.1 Å². The van der Waals surface area contributed by atoms with Crippen LogP contribution in [0.2, 0.25) is 0 Å². The van der Waals surface area contributed by atoms with E-state index in [0.717, 1.165) is 12.8 Å². The van der Waals surface area contributed by atoms with Crippen molar-refractivity contribution < 1.29 is 51.6 Å². The van der Waals surface area contributed by atoms with Gasteiger partial charge in [-0.1, -0.05) is 96.8 Å². The molecule has 0 N–H and O–H groups in total. The van der Waals surface area contributed by atoms with Crippen LogP contribution in [0.1, 0.15) is 110 Å². The van der Waals surface area contributed by atoms with Gasteiger partial charge in [-0.25, -0.2) is 0 Å². The van der Waals surface area contributed by atoms with Gasteiger partial charge in [-0.3, -0.25) is 0 Å². The Morgan fingerprint density at radius 3 is 1.19 bits per heavy atom. The first-order valence-corrected chi connectivity index (χ1v) is 8.97. The third-order valence-corrected chi connectivity index (χ3v) is 3.98. The number of rotatable bonds is 16. The maximum absolute atomic E-state index is 10.2. The van der Waals surface area contributed by atoms with E-state index >= 15 is 0 Å². The Balaban J connectivity index is 0. The van der Waals surface area contributed by atoms with Crippen LogP contribution in [0.5, 0.6) is 0 Å². The van der Waals surface area contributed by atoms with Crippen molar-refractivity contribution in [1.29, 1.82) is 0 Å². The summed E-state index contributed by atoms with van der Waals surface area (Å²) in [5.74, 6) is -0.903. The number of hydrogen-bond donors (Lipinski definition) is 0. The Bertz CT molecular complexity index is 207. The van der Waals surface area contributed by atoms with Crippen LogP contribution in [-0.4, -0.2) is 5.97 Å². The molecule has 21 heavy (non-hydrogen) atoms. The molecule has 0 saturated heterocycles. The number of unbranched alkanes of at least 4 members (excludes halogenated alkanes) is 14. The van der Waals surface area contributed by atoms with Gasteiger partial charge in [0.15, 0.2) is 0 Å². The number of carboxylic acids is 1. The SMILES string of the molecule is CCCCCCCCCCCCCCCCCC(=O)[O-].[Ce]. The molecule has 0 bridgehead atoms. The number of carboxylic acid groups (broad SMARTS) is 1. The molecule has 0 aliphatic heterocycles. The minimum atomic E-state index is -0.903. The molecule has 0 radical (unpaired) electrons. The largest absolute Gasteiger partial charge is 0.550 e. The second kappa shape index (κ2) is 20.8. The first-order valence-electron chi connectivity index (χ1n) is 8.97. The molecular formula is C18H35CeO2-. The van der Waals surface area contributed by atoms with Crippen molar-refractivity contribution in [3.8, 4) is 0 Å². The molecule has 124 valence electrons. The van der Waals surface area contributed by atoms with E-state index in [1.807, 2.05) is 0 Å². The Labute approximate surface area is 166 Å². The summed E-state index contributed by atoms with van der Waals surface area (Å²) in [6, 6.07) is 0. The van der Waals surface area contributed by atoms with Gasteiger partial charge in [0.05, 0.1) is 0 Å². The van der Waals surface area contributed by atoms with Crippen molar-refractivity contribution in [3.05, 3.63) is 0 Å². The minimum absolute atomic E-state index is 0. The zero-order valence-electron chi connectivity index (χ0n) is 14.1. The van der Waals surface area contributed by atoms with Gasteiger partial charge in [-0.2, -0.15) is 0 Å². The number of hydrogen-bond acceptors (Lipinski definition) is 2. The summed E-state index contributed by atoms with van der Waals surface area (Å²) in [6.07, 6.45) is 19.9. The molecule has 0 aliphatic rings. The fraction of sp³-hybridized carbons (Fsp3) is 0.944. The Hall–Kier alpha value is 0.847. The molecule has 0 saturated carbocycles. The molecule has 0 rings (SSSR count). The van der Waals surface area contributed by atoms with Gasteiger partial charge < -0.3 is 9.90 Å². The van der Waals surface area contributed by atoms with E-state index in [9.17, 15) is 9.90 Å². The predicted octanol–water partition coefficient (Wildman–Crippen LogP) is 5.00. The summed E-state index contributed by atoms with van der Waals surface area (Å²) in [7, 11) is 0. The molecule has 0 spiro atoms. The van der Waals surface area contributed by atoms with Crippen LogP contribution < -0.4 is 5.11 Å². The van der Waals surface area contributed by atoms with Crippen LogP contribution in [0.4, 0.5) is 0 Å². The molecule has 2 nitrogen and oxygen atoms in total. The summed E-state index contributed by atoms with van der Waals surface area (Å²) < 4.78 is 0. The molecule has 0 aromatic carbocycles. The van der Waals surface area contributed by atoms with Crippen molar-refractivity contribution in [3.63, 3.8) is 0 Å². The maximum Gasteiger partial charge on any atom is 0.0414 e. The Morgan fingerprint density at radius 2 is 0.905 bits per heavy atom. The fourth-order valence-electron chi connectivity index (χ4n) is 2.64. The van der Waals surface area contributed by atoms with Crippen molar-refractivity contribution in [1.82, 2.24) is 0 Å². The van der Waals surface area contributed by atoms with Crippen LogP contribution in [0.25, 0.3) is 0 Å². The summed E-state index contributed by atoms with van der Waals surface area (Å²) >= 11 is 0. The van der Waals surface area contributed by atoms with Crippen molar-refractivity contribution in [2.24, 2.45) is 0 Å². The number of aliphatic carboxylic acids is 1. The molecule has 0 aliphatic carbocycles. The molecule has 0 heterocycles. The third-order valence-electron chi connectivity index (χ3n) is 3.98. The van der Waals surface area contributed by atoms with Gasteiger partial charge >= 0.3 is 0 Å². The van der Waals surface area contributed by atoms with Crippen LogP contribution in [0.3, 0.4) is 0 Å². The van der Waals surface area contributed by atoms with Gasteiger partial charge in [0.25, 0.3) is 0 Å². The summed E-state index contributed by atoms with van der Waals surface area (Å²) in [5, 5.41) is 10.2. The number of carbonyl (C=O) groups excluding carboxylic acids is 1. The molecule has 0 aromatic rings. The Kier molecular flexibility index (Phi) is 23.9. The van der Waals surface area contributed by atoms with E-state index in [2.05, 4.69) is 6.92 Å². The first kappa shape index (κ1) is 24.1. The van der Waals surface area contributed by atoms with E-state index in [4.69, 9.17) is 0 Å². The van der Waals surface area contributed by atoms with Gasteiger partial charge in [-0.15, -0.1) is 0 Å². The van der Waals surface area contributed by atoms with E-state index in [1.54, 1.807) is 0 Å². The van der Waals surface area contributed by atoms with E-state index in [1.165, 1.54) is 83.5 Å². The second-order valence-corrected chi connectivity index (χ2v) is 6.07. The minimum Gasteiger partial charge on any atom is -0.550 e. The maximum atomic E-state index is 10.2. The van der Waals surface area contributed by atoms with Gasteiger partial charge in [0.2, 0.25) is 0 Å². The zero-order valence-corrected chi connectivity index (χ0v) is 17.3. The molecule has 0 fully saturated rings. The van der Waals surface area contributed by atoms with Crippen LogP contribution >= 0.6 is 0 Å². The van der Waals surface area contributed by atoms with E-state index < -0.39 is 5.97 Å². The fourth-order valence-corrected chi connectivity index (χ4v) is 2.64. The molecule has 0 aromatic heterocycles. The molecule has 0 amide bonds. The van der Waals surface area contributed by atoms with Crippen molar-refractivity contribution >= 4 is 5.97 Å².